The van der Waals surface area contributed by atoms with Gasteiger partial charge in [-0.15, -0.1) is 0 Å². The fourth-order valence-electron chi connectivity index (χ4n) is 4.53. The topological polar surface area (TPSA) is 88.3 Å². The first kappa shape index (κ1) is 19.3. The summed E-state index contributed by atoms with van der Waals surface area (Å²) < 4.78 is 5.79. The number of rotatable bonds is 4. The summed E-state index contributed by atoms with van der Waals surface area (Å²) in [6.45, 7) is 1.79. The summed E-state index contributed by atoms with van der Waals surface area (Å²) in [5.74, 6) is 0.318. The van der Waals surface area contributed by atoms with Crippen LogP contribution in [0.15, 0.2) is 65.2 Å². The molecule has 1 amide bonds. The molecule has 156 valence electrons. The molecule has 6 nitrogen and oxygen atoms in total. The third-order valence-corrected chi connectivity index (χ3v) is 6.17. The normalized spacial score (nSPS) is 15.3. The Bertz CT molecular complexity index is 1220. The van der Waals surface area contributed by atoms with Crippen LogP contribution in [0.5, 0.6) is 5.75 Å². The van der Waals surface area contributed by atoms with Crippen molar-refractivity contribution in [2.45, 2.75) is 38.0 Å². The van der Waals surface area contributed by atoms with Gasteiger partial charge in [-0.1, -0.05) is 43.2 Å². The van der Waals surface area contributed by atoms with Crippen LogP contribution in [0.1, 0.15) is 36.8 Å². The maximum Gasteiger partial charge on any atom is 0.235 e. The number of carbonyl (C=O) groups is 1. The van der Waals surface area contributed by atoms with E-state index >= 15 is 0 Å². The molecule has 1 aliphatic rings. The molecule has 0 saturated heterocycles. The first-order valence-corrected chi connectivity index (χ1v) is 10.5. The number of fused-ring (bicyclic) bond motifs is 1. The smallest absolute Gasteiger partial charge is 0.235 e. The van der Waals surface area contributed by atoms with E-state index < -0.39 is 5.41 Å². The largest absolute Gasteiger partial charge is 0.507 e. The number of aromatic hydroxyl groups is 1. The molecule has 0 aliphatic heterocycles. The highest BCUT2D eigenvalue weighted by atomic mass is 16.4. The molecule has 0 bridgehead atoms. The van der Waals surface area contributed by atoms with Crippen LogP contribution in [-0.4, -0.2) is 21.0 Å². The van der Waals surface area contributed by atoms with Gasteiger partial charge < -0.3 is 14.8 Å². The van der Waals surface area contributed by atoms with Crippen molar-refractivity contribution in [2.24, 2.45) is 0 Å². The zero-order valence-corrected chi connectivity index (χ0v) is 17.3. The molecule has 0 unspecified atom stereocenters. The highest BCUT2D eigenvalue weighted by Crippen LogP contribution is 2.43. The number of phenols is 1. The van der Waals surface area contributed by atoms with Gasteiger partial charge in [0.25, 0.3) is 0 Å². The van der Waals surface area contributed by atoms with E-state index in [2.05, 4.69) is 15.3 Å². The third-order valence-electron chi connectivity index (χ3n) is 6.17. The van der Waals surface area contributed by atoms with Gasteiger partial charge in [-0.2, -0.15) is 4.98 Å². The summed E-state index contributed by atoms with van der Waals surface area (Å²) in [7, 11) is 0. The molecule has 2 aromatic heterocycles. The predicted octanol–water partition coefficient (Wildman–Crippen LogP) is 5.35. The van der Waals surface area contributed by atoms with Crippen LogP contribution in [0.25, 0.3) is 22.7 Å². The maximum absolute atomic E-state index is 13.5. The predicted molar refractivity (Wildman–Crippen MR) is 119 cm³/mol. The number of benzene rings is 2. The summed E-state index contributed by atoms with van der Waals surface area (Å²) in [5.41, 5.74) is 3.18. The second-order valence-corrected chi connectivity index (χ2v) is 8.14. The molecule has 2 heterocycles. The van der Waals surface area contributed by atoms with Gasteiger partial charge in [-0.3, -0.25) is 4.79 Å². The first-order valence-electron chi connectivity index (χ1n) is 10.5. The Hall–Kier alpha value is -3.67. The Morgan fingerprint density at radius 2 is 1.87 bits per heavy atom. The molecular formula is C25H23N3O3. The highest BCUT2D eigenvalue weighted by Gasteiger charge is 2.42. The van der Waals surface area contributed by atoms with E-state index in [1.165, 1.54) is 0 Å². The number of hydrogen-bond donors (Lipinski definition) is 2. The Kier molecular flexibility index (Phi) is 4.70. The molecule has 4 aromatic rings. The first-order chi connectivity index (χ1) is 15.1. The molecule has 0 atom stereocenters. The summed E-state index contributed by atoms with van der Waals surface area (Å²) in [4.78, 5) is 22.1. The molecular weight excluding hydrogens is 390 g/mol. The maximum atomic E-state index is 13.5. The van der Waals surface area contributed by atoms with Crippen molar-refractivity contribution in [1.82, 2.24) is 9.97 Å². The average Bonchev–Trinajstić information content (AvgIpc) is 3.45. The number of aromatic nitrogens is 2. The Labute approximate surface area is 180 Å². The molecule has 2 aromatic carbocycles. The Balaban J connectivity index is 1.51. The Morgan fingerprint density at radius 3 is 2.61 bits per heavy atom. The van der Waals surface area contributed by atoms with Crippen LogP contribution >= 0.6 is 0 Å². The minimum Gasteiger partial charge on any atom is -0.507 e. The lowest BCUT2D eigenvalue weighted by Crippen LogP contribution is -2.38. The minimum absolute atomic E-state index is 0.0218. The number of phenolic OH excluding ortho intramolecular Hbond substituents is 1. The van der Waals surface area contributed by atoms with Crippen molar-refractivity contribution in [3.8, 4) is 17.2 Å². The zero-order valence-electron chi connectivity index (χ0n) is 17.3. The van der Waals surface area contributed by atoms with Gasteiger partial charge in [0, 0.05) is 11.9 Å². The molecule has 6 heteroatoms. The van der Waals surface area contributed by atoms with E-state index in [1.54, 1.807) is 37.4 Å². The number of amides is 1. The van der Waals surface area contributed by atoms with Crippen LogP contribution in [0.3, 0.4) is 0 Å². The van der Waals surface area contributed by atoms with Crippen LogP contribution in [0.2, 0.25) is 0 Å². The summed E-state index contributed by atoms with van der Waals surface area (Å²) in [6.07, 6.45) is 5.34. The van der Waals surface area contributed by atoms with E-state index in [0.29, 0.717) is 28.0 Å². The van der Waals surface area contributed by atoms with E-state index in [-0.39, 0.29) is 17.5 Å². The van der Waals surface area contributed by atoms with Crippen molar-refractivity contribution in [2.75, 3.05) is 5.32 Å². The van der Waals surface area contributed by atoms with E-state index in [9.17, 15) is 9.90 Å². The Morgan fingerprint density at radius 1 is 1.10 bits per heavy atom. The van der Waals surface area contributed by atoms with Crippen LogP contribution in [0, 0.1) is 6.92 Å². The van der Waals surface area contributed by atoms with Gasteiger partial charge in [-0.05, 0) is 55.2 Å². The number of pyridine rings is 1. The van der Waals surface area contributed by atoms with Crippen molar-refractivity contribution < 1.29 is 14.3 Å². The SMILES string of the molecule is Cc1cc(NC(=O)C2(c3ccccc3)CCCC2)cc(-c2nc3ncccc3o2)c1O. The van der Waals surface area contributed by atoms with Crippen molar-refractivity contribution in [3.05, 3.63) is 71.9 Å². The summed E-state index contributed by atoms with van der Waals surface area (Å²) >= 11 is 0. The van der Waals surface area contributed by atoms with Crippen LogP contribution in [-0.2, 0) is 10.2 Å². The number of aryl methyl sites for hydroxylation is 1. The fraction of sp³-hybridized carbons (Fsp3) is 0.240. The quantitative estimate of drug-likeness (QED) is 0.440. The standard InChI is InChI=1S/C25H23N3O3/c1-16-14-18(15-19(21(16)29)23-28-22-20(31-23)10-7-13-26-22)27-24(30)25(11-5-6-12-25)17-8-3-2-4-9-17/h2-4,7-10,13-15,29H,5-6,11-12H2,1H3,(H,27,30). The van der Waals surface area contributed by atoms with Gasteiger partial charge in [0.1, 0.15) is 5.75 Å². The summed E-state index contributed by atoms with van der Waals surface area (Å²) in [6, 6.07) is 17.0. The highest BCUT2D eigenvalue weighted by molar-refractivity contribution is 6.00. The van der Waals surface area contributed by atoms with E-state index in [1.807, 2.05) is 30.3 Å². The number of hydrogen-bond acceptors (Lipinski definition) is 5. The summed E-state index contributed by atoms with van der Waals surface area (Å²) in [5, 5.41) is 13.7. The number of anilines is 1. The minimum atomic E-state index is -0.533. The van der Waals surface area contributed by atoms with Gasteiger partial charge in [0.05, 0.1) is 11.0 Å². The van der Waals surface area contributed by atoms with Crippen molar-refractivity contribution >= 4 is 22.8 Å². The molecule has 5 rings (SSSR count). The van der Waals surface area contributed by atoms with Gasteiger partial charge >= 0.3 is 0 Å². The van der Waals surface area contributed by atoms with Gasteiger partial charge in [-0.25, -0.2) is 4.98 Å². The fourth-order valence-corrected chi connectivity index (χ4v) is 4.53. The third kappa shape index (κ3) is 3.34. The monoisotopic (exact) mass is 413 g/mol. The number of nitrogens with zero attached hydrogens (tertiary/aromatic N) is 2. The average molecular weight is 413 g/mol. The lowest BCUT2D eigenvalue weighted by Gasteiger charge is -2.28. The molecule has 1 fully saturated rings. The van der Waals surface area contributed by atoms with E-state index in [0.717, 1.165) is 31.2 Å². The molecule has 0 spiro atoms. The van der Waals surface area contributed by atoms with Crippen LogP contribution in [0.4, 0.5) is 5.69 Å². The van der Waals surface area contributed by atoms with Crippen molar-refractivity contribution in [3.63, 3.8) is 0 Å². The number of carbonyl (C=O) groups excluding carboxylic acids is 1. The lowest BCUT2D eigenvalue weighted by atomic mass is 9.78. The zero-order chi connectivity index (χ0) is 21.4. The molecule has 2 N–H and O–H groups in total. The van der Waals surface area contributed by atoms with E-state index in [4.69, 9.17) is 4.42 Å². The molecule has 31 heavy (non-hydrogen) atoms. The van der Waals surface area contributed by atoms with Crippen molar-refractivity contribution in [1.29, 1.82) is 0 Å². The number of nitrogens with one attached hydrogen (secondary N) is 1. The van der Waals surface area contributed by atoms with Gasteiger partial charge in [0.15, 0.2) is 11.2 Å². The second-order valence-electron chi connectivity index (χ2n) is 8.14. The van der Waals surface area contributed by atoms with Gasteiger partial charge in [0.2, 0.25) is 11.8 Å². The second kappa shape index (κ2) is 7.54. The van der Waals surface area contributed by atoms with Crippen LogP contribution < -0.4 is 5.32 Å². The molecule has 0 radical (unpaired) electrons. The molecule has 1 saturated carbocycles. The lowest BCUT2D eigenvalue weighted by molar-refractivity contribution is -0.121. The number of oxazole rings is 1. The molecule has 1 aliphatic carbocycles.